The van der Waals surface area contributed by atoms with Crippen molar-refractivity contribution in [3.05, 3.63) is 54.6 Å². The van der Waals surface area contributed by atoms with Gasteiger partial charge in [-0.3, -0.25) is 4.39 Å². The monoisotopic (exact) mass is 513 g/mol. The van der Waals surface area contributed by atoms with Gasteiger partial charge in [0.15, 0.2) is 9.84 Å². The number of hydrogen-bond donors (Lipinski definition) is 0. The van der Waals surface area contributed by atoms with Gasteiger partial charge in [-0.2, -0.15) is 0 Å². The fraction of sp³-hybridized carbons (Fsp3) is 0.375. The highest BCUT2D eigenvalue weighted by molar-refractivity contribution is 7.91. The van der Waals surface area contributed by atoms with Crippen molar-refractivity contribution in [1.29, 1.82) is 0 Å². The molecule has 1 fully saturated rings. The fourth-order valence-corrected chi connectivity index (χ4v) is 5.32. The molecule has 1 saturated heterocycles. The number of halogens is 3. The topological polar surface area (TPSA) is 53.5 Å². The number of rotatable bonds is 7. The van der Waals surface area contributed by atoms with Crippen LogP contribution in [0.25, 0.3) is 22.0 Å². The number of aromatic nitrogens is 1. The van der Waals surface area contributed by atoms with E-state index in [1.807, 2.05) is 18.2 Å². The lowest BCUT2D eigenvalue weighted by Gasteiger charge is -2.35. The van der Waals surface area contributed by atoms with Gasteiger partial charge in [-0.05, 0) is 36.6 Å². The SMILES string of the molecule is CCN1CCN(c2nc(-c3ccc(S(=O)(=O)CCCF)cc3)cc3ccccc23)CC1.Cl.Cl. The molecule has 0 radical (unpaired) electrons. The molecular formula is C24H30Cl2FN3O2S. The minimum Gasteiger partial charge on any atom is -0.354 e. The number of sulfone groups is 1. The Morgan fingerprint density at radius 2 is 1.64 bits per heavy atom. The standard InChI is InChI=1S/C24H28FN3O2S.2ClH/c1-2-27-13-15-28(16-14-27)24-22-7-4-3-6-20(22)18-23(26-24)19-8-10-21(11-9-19)31(29,30)17-5-12-25;;/h3-4,6-11,18H,2,5,12-17H2,1H3;2*1H. The van der Waals surface area contributed by atoms with Crippen LogP contribution in [0.15, 0.2) is 59.5 Å². The average Bonchev–Trinajstić information content (AvgIpc) is 2.82. The van der Waals surface area contributed by atoms with E-state index in [0.29, 0.717) is 0 Å². The summed E-state index contributed by atoms with van der Waals surface area (Å²) in [5.41, 5.74) is 1.68. The first-order valence-electron chi connectivity index (χ1n) is 10.8. The summed E-state index contributed by atoms with van der Waals surface area (Å²) in [7, 11) is -3.46. The van der Waals surface area contributed by atoms with Gasteiger partial charge in [-0.15, -0.1) is 24.8 Å². The summed E-state index contributed by atoms with van der Waals surface area (Å²) in [6.45, 7) is 6.51. The Labute approximate surface area is 207 Å². The molecule has 0 amide bonds. The quantitative estimate of drug-likeness (QED) is 0.443. The maximum Gasteiger partial charge on any atom is 0.178 e. The molecule has 1 aliphatic rings. The molecule has 0 spiro atoms. The molecule has 0 aliphatic carbocycles. The zero-order valence-corrected chi connectivity index (χ0v) is 21.1. The number of hydrogen-bond acceptors (Lipinski definition) is 5. The molecule has 2 heterocycles. The van der Waals surface area contributed by atoms with Gasteiger partial charge in [0.2, 0.25) is 0 Å². The number of alkyl halides is 1. The van der Waals surface area contributed by atoms with Gasteiger partial charge in [0, 0.05) is 37.1 Å². The number of anilines is 1. The van der Waals surface area contributed by atoms with Crippen LogP contribution < -0.4 is 4.90 Å². The van der Waals surface area contributed by atoms with E-state index in [4.69, 9.17) is 4.98 Å². The molecule has 1 aromatic heterocycles. The second kappa shape index (κ2) is 12.0. The van der Waals surface area contributed by atoms with Crippen molar-refractivity contribution in [2.24, 2.45) is 0 Å². The Kier molecular flexibility index (Phi) is 9.91. The summed E-state index contributed by atoms with van der Waals surface area (Å²) in [5, 5.41) is 2.24. The zero-order valence-electron chi connectivity index (χ0n) is 18.6. The second-order valence-electron chi connectivity index (χ2n) is 7.86. The highest BCUT2D eigenvalue weighted by Crippen LogP contribution is 2.31. The molecule has 33 heavy (non-hydrogen) atoms. The Morgan fingerprint density at radius 3 is 2.27 bits per heavy atom. The van der Waals surface area contributed by atoms with Crippen LogP contribution in [-0.4, -0.2) is 63.5 Å². The number of likely N-dealkylation sites (N-methyl/N-ethyl adjacent to an activating group) is 1. The van der Waals surface area contributed by atoms with Crippen LogP contribution in [-0.2, 0) is 9.84 Å². The van der Waals surface area contributed by atoms with E-state index in [-0.39, 0.29) is 41.9 Å². The van der Waals surface area contributed by atoms with Crippen LogP contribution in [0.4, 0.5) is 10.2 Å². The van der Waals surface area contributed by atoms with Gasteiger partial charge in [0.1, 0.15) is 5.82 Å². The van der Waals surface area contributed by atoms with Crippen molar-refractivity contribution in [2.75, 3.05) is 50.1 Å². The van der Waals surface area contributed by atoms with Crippen LogP contribution >= 0.6 is 24.8 Å². The maximum absolute atomic E-state index is 12.4. The van der Waals surface area contributed by atoms with Crippen LogP contribution in [0.3, 0.4) is 0 Å². The smallest absolute Gasteiger partial charge is 0.178 e. The summed E-state index contributed by atoms with van der Waals surface area (Å²) >= 11 is 0. The normalized spacial score (nSPS) is 14.5. The first kappa shape index (κ1) is 27.3. The molecule has 0 atom stereocenters. The van der Waals surface area contributed by atoms with Gasteiger partial charge in [-0.25, -0.2) is 13.4 Å². The largest absolute Gasteiger partial charge is 0.354 e. The van der Waals surface area contributed by atoms with E-state index < -0.39 is 16.5 Å². The maximum atomic E-state index is 12.4. The summed E-state index contributed by atoms with van der Waals surface area (Å²) in [6, 6.07) is 17.1. The average molecular weight is 514 g/mol. The van der Waals surface area contributed by atoms with Crippen molar-refractivity contribution < 1.29 is 12.8 Å². The van der Waals surface area contributed by atoms with Crippen LogP contribution in [0.5, 0.6) is 0 Å². The van der Waals surface area contributed by atoms with Crippen molar-refractivity contribution in [3.63, 3.8) is 0 Å². The molecule has 180 valence electrons. The van der Waals surface area contributed by atoms with E-state index in [0.717, 1.165) is 60.6 Å². The third-order valence-corrected chi connectivity index (χ3v) is 7.71. The van der Waals surface area contributed by atoms with Crippen molar-refractivity contribution in [3.8, 4) is 11.3 Å². The van der Waals surface area contributed by atoms with Gasteiger partial charge >= 0.3 is 0 Å². The first-order valence-corrected chi connectivity index (χ1v) is 12.4. The number of piperazine rings is 1. The highest BCUT2D eigenvalue weighted by atomic mass is 35.5. The summed E-state index contributed by atoms with van der Waals surface area (Å²) in [6.07, 6.45) is 0.0188. The highest BCUT2D eigenvalue weighted by Gasteiger charge is 2.20. The molecule has 1 aliphatic heterocycles. The summed E-state index contributed by atoms with van der Waals surface area (Å²) in [4.78, 5) is 10.00. The Morgan fingerprint density at radius 1 is 0.970 bits per heavy atom. The second-order valence-corrected chi connectivity index (χ2v) is 9.97. The van der Waals surface area contributed by atoms with E-state index in [1.54, 1.807) is 24.3 Å². The number of nitrogens with zero attached hydrogens (tertiary/aromatic N) is 3. The number of pyridine rings is 1. The van der Waals surface area contributed by atoms with E-state index >= 15 is 0 Å². The van der Waals surface area contributed by atoms with E-state index in [1.165, 1.54) is 0 Å². The predicted octanol–water partition coefficient (Wildman–Crippen LogP) is 5.02. The van der Waals surface area contributed by atoms with Gasteiger partial charge in [0.05, 0.1) is 23.0 Å². The molecule has 5 nitrogen and oxygen atoms in total. The molecule has 0 bridgehead atoms. The van der Waals surface area contributed by atoms with Gasteiger partial charge < -0.3 is 9.80 Å². The Bertz CT molecular complexity index is 1150. The minimum absolute atomic E-state index is 0. The lowest BCUT2D eigenvalue weighted by atomic mass is 10.1. The molecule has 9 heteroatoms. The van der Waals surface area contributed by atoms with Crippen molar-refractivity contribution in [2.45, 2.75) is 18.2 Å². The van der Waals surface area contributed by atoms with Crippen LogP contribution in [0.1, 0.15) is 13.3 Å². The first-order chi connectivity index (χ1) is 15.0. The van der Waals surface area contributed by atoms with Gasteiger partial charge in [-0.1, -0.05) is 43.3 Å². The van der Waals surface area contributed by atoms with E-state index in [2.05, 4.69) is 28.9 Å². The van der Waals surface area contributed by atoms with Crippen LogP contribution in [0.2, 0.25) is 0 Å². The molecule has 3 aromatic rings. The lowest BCUT2D eigenvalue weighted by Crippen LogP contribution is -2.46. The molecule has 0 saturated carbocycles. The Hall–Kier alpha value is -1.93. The third kappa shape index (κ3) is 6.15. The van der Waals surface area contributed by atoms with Crippen molar-refractivity contribution in [1.82, 2.24) is 9.88 Å². The molecular weight excluding hydrogens is 484 g/mol. The minimum atomic E-state index is -3.46. The molecule has 2 aromatic carbocycles. The van der Waals surface area contributed by atoms with E-state index in [9.17, 15) is 12.8 Å². The van der Waals surface area contributed by atoms with Gasteiger partial charge in [0.25, 0.3) is 0 Å². The zero-order chi connectivity index (χ0) is 21.8. The van der Waals surface area contributed by atoms with Crippen LogP contribution in [0, 0.1) is 0 Å². The molecule has 0 N–H and O–H groups in total. The predicted molar refractivity (Wildman–Crippen MR) is 139 cm³/mol. The van der Waals surface area contributed by atoms with Crippen molar-refractivity contribution >= 4 is 51.2 Å². The third-order valence-electron chi connectivity index (χ3n) is 5.90. The number of fused-ring (bicyclic) bond motifs is 1. The summed E-state index contributed by atoms with van der Waals surface area (Å²) in [5.74, 6) is 0.800. The molecule has 4 rings (SSSR count). The lowest BCUT2D eigenvalue weighted by molar-refractivity contribution is 0.271. The summed E-state index contributed by atoms with van der Waals surface area (Å²) < 4.78 is 37.1. The molecule has 0 unspecified atom stereocenters. The Balaban J connectivity index is 0.00000193. The fourth-order valence-electron chi connectivity index (χ4n) is 4.04. The number of benzene rings is 2.